The Hall–Kier alpha value is -1.75. The summed E-state index contributed by atoms with van der Waals surface area (Å²) < 4.78 is 11.4. The molecular weight excluding hydrogens is 268 g/mol. The second-order valence-electron chi connectivity index (χ2n) is 5.55. The first-order valence-corrected chi connectivity index (χ1v) is 7.72. The Morgan fingerprint density at radius 1 is 1.33 bits per heavy atom. The van der Waals surface area contributed by atoms with Crippen LogP contribution in [0.1, 0.15) is 25.7 Å². The zero-order valence-corrected chi connectivity index (χ0v) is 12.1. The molecule has 1 aromatic rings. The molecule has 1 saturated carbocycles. The van der Waals surface area contributed by atoms with Gasteiger partial charge in [0.05, 0.1) is 24.9 Å². The first-order chi connectivity index (χ1) is 10.3. The molecule has 1 aliphatic heterocycles. The first-order valence-electron chi connectivity index (χ1n) is 7.72. The van der Waals surface area contributed by atoms with E-state index in [0.717, 1.165) is 24.3 Å². The summed E-state index contributed by atoms with van der Waals surface area (Å²) in [5.41, 5.74) is 0.936. The topological polar surface area (TPSA) is 59.6 Å². The van der Waals surface area contributed by atoms with Crippen LogP contribution in [0.4, 0.5) is 5.69 Å². The number of ether oxygens (including phenoxy) is 2. The number of nitrogens with one attached hydrogen (secondary N) is 2. The van der Waals surface area contributed by atoms with Crippen molar-refractivity contribution in [3.05, 3.63) is 24.3 Å². The Balaban J connectivity index is 1.40. The average Bonchev–Trinajstić information content (AvgIpc) is 3.04. The summed E-state index contributed by atoms with van der Waals surface area (Å²) in [7, 11) is 0. The van der Waals surface area contributed by atoms with Gasteiger partial charge < -0.3 is 20.1 Å². The summed E-state index contributed by atoms with van der Waals surface area (Å²) >= 11 is 0. The number of hydrogen-bond acceptors (Lipinski definition) is 4. The van der Waals surface area contributed by atoms with Gasteiger partial charge in [-0.2, -0.15) is 0 Å². The third-order valence-electron chi connectivity index (χ3n) is 3.98. The average molecular weight is 290 g/mol. The number of amides is 1. The molecule has 1 unspecified atom stereocenters. The van der Waals surface area contributed by atoms with Crippen LogP contribution in [0.2, 0.25) is 0 Å². The number of anilines is 1. The third kappa shape index (κ3) is 3.67. The van der Waals surface area contributed by atoms with Gasteiger partial charge in [-0.1, -0.05) is 25.0 Å². The van der Waals surface area contributed by atoms with Crippen LogP contribution in [0, 0.1) is 0 Å². The first kappa shape index (κ1) is 14.2. The van der Waals surface area contributed by atoms with Crippen LogP contribution < -0.4 is 15.4 Å². The Morgan fingerprint density at radius 2 is 2.14 bits per heavy atom. The molecule has 2 N–H and O–H groups in total. The molecule has 3 rings (SSSR count). The Labute approximate surface area is 125 Å². The zero-order chi connectivity index (χ0) is 14.5. The van der Waals surface area contributed by atoms with Gasteiger partial charge in [0.2, 0.25) is 0 Å². The summed E-state index contributed by atoms with van der Waals surface area (Å²) in [5, 5.41) is 6.09. The maximum atomic E-state index is 12.1. The van der Waals surface area contributed by atoms with Crippen LogP contribution in [0.3, 0.4) is 0 Å². The quantitative estimate of drug-likeness (QED) is 0.814. The highest BCUT2D eigenvalue weighted by Gasteiger charge is 2.25. The molecule has 1 atom stereocenters. The van der Waals surface area contributed by atoms with Gasteiger partial charge >= 0.3 is 0 Å². The second kappa shape index (κ2) is 6.80. The van der Waals surface area contributed by atoms with Gasteiger partial charge in [0, 0.05) is 6.54 Å². The van der Waals surface area contributed by atoms with E-state index in [1.165, 1.54) is 12.8 Å². The van der Waals surface area contributed by atoms with Gasteiger partial charge in [0.25, 0.3) is 5.91 Å². The summed E-state index contributed by atoms with van der Waals surface area (Å²) in [4.78, 5) is 12.1. The molecule has 1 heterocycles. The highest BCUT2D eigenvalue weighted by atomic mass is 16.5. The van der Waals surface area contributed by atoms with E-state index in [4.69, 9.17) is 9.47 Å². The maximum absolute atomic E-state index is 12.1. The smallest absolute Gasteiger partial charge is 0.263 e. The molecule has 114 valence electrons. The van der Waals surface area contributed by atoms with E-state index < -0.39 is 6.10 Å². The summed E-state index contributed by atoms with van der Waals surface area (Å²) in [6.07, 6.45) is 4.74. The van der Waals surface area contributed by atoms with E-state index in [-0.39, 0.29) is 5.91 Å². The highest BCUT2D eigenvalue weighted by molar-refractivity contribution is 5.83. The van der Waals surface area contributed by atoms with E-state index in [0.29, 0.717) is 25.8 Å². The lowest BCUT2D eigenvalue weighted by Crippen LogP contribution is -2.45. The lowest BCUT2D eigenvalue weighted by atomic mass is 10.2. The van der Waals surface area contributed by atoms with Crippen LogP contribution in [-0.4, -0.2) is 37.8 Å². The molecule has 0 radical (unpaired) electrons. The number of fused-ring (bicyclic) bond motifs is 1. The normalized spacial score (nSPS) is 21.2. The Kier molecular flexibility index (Phi) is 4.60. The van der Waals surface area contributed by atoms with Crippen molar-refractivity contribution in [2.45, 2.75) is 37.9 Å². The van der Waals surface area contributed by atoms with Crippen molar-refractivity contribution in [1.82, 2.24) is 5.32 Å². The van der Waals surface area contributed by atoms with E-state index in [1.54, 1.807) is 0 Å². The number of para-hydroxylation sites is 2. The largest absolute Gasteiger partial charge is 0.477 e. The minimum Gasteiger partial charge on any atom is -0.477 e. The number of benzene rings is 1. The molecule has 0 bridgehead atoms. The Bertz CT molecular complexity index is 486. The van der Waals surface area contributed by atoms with Gasteiger partial charge in [-0.3, -0.25) is 4.79 Å². The van der Waals surface area contributed by atoms with Crippen LogP contribution in [0.5, 0.6) is 5.75 Å². The molecular formula is C16H22N2O3. The number of hydrogen-bond donors (Lipinski definition) is 2. The molecule has 1 fully saturated rings. The minimum atomic E-state index is -0.480. The highest BCUT2D eigenvalue weighted by Crippen LogP contribution is 2.28. The summed E-state index contributed by atoms with van der Waals surface area (Å²) in [5.74, 6) is 0.637. The molecule has 21 heavy (non-hydrogen) atoms. The van der Waals surface area contributed by atoms with Crippen LogP contribution >= 0.6 is 0 Å². The maximum Gasteiger partial charge on any atom is 0.263 e. The molecule has 1 aliphatic carbocycles. The standard InChI is InChI=1S/C16H22N2O3/c19-16(17-9-10-20-12-5-1-2-6-12)15-11-18-13-7-3-4-8-14(13)21-15/h3-4,7-8,12,15,18H,1-2,5-6,9-11H2,(H,17,19). The lowest BCUT2D eigenvalue weighted by Gasteiger charge is -2.26. The molecule has 5 nitrogen and oxygen atoms in total. The monoisotopic (exact) mass is 290 g/mol. The fourth-order valence-corrected chi connectivity index (χ4v) is 2.83. The number of carbonyl (C=O) groups excluding carboxylic acids is 1. The fourth-order valence-electron chi connectivity index (χ4n) is 2.83. The van der Waals surface area contributed by atoms with Gasteiger partial charge in [-0.15, -0.1) is 0 Å². The predicted molar refractivity (Wildman–Crippen MR) is 80.6 cm³/mol. The van der Waals surface area contributed by atoms with E-state index in [1.807, 2.05) is 24.3 Å². The molecule has 2 aliphatic rings. The van der Waals surface area contributed by atoms with Gasteiger partial charge in [-0.25, -0.2) is 0 Å². The van der Waals surface area contributed by atoms with Crippen molar-refractivity contribution in [2.24, 2.45) is 0 Å². The summed E-state index contributed by atoms with van der Waals surface area (Å²) in [6.45, 7) is 1.61. The van der Waals surface area contributed by atoms with Crippen molar-refractivity contribution in [3.63, 3.8) is 0 Å². The lowest BCUT2D eigenvalue weighted by molar-refractivity contribution is -0.127. The minimum absolute atomic E-state index is 0.0907. The number of carbonyl (C=O) groups is 1. The number of rotatable bonds is 5. The second-order valence-corrected chi connectivity index (χ2v) is 5.55. The van der Waals surface area contributed by atoms with Crippen LogP contribution in [0.15, 0.2) is 24.3 Å². The van der Waals surface area contributed by atoms with Gasteiger partial charge in [0.15, 0.2) is 6.10 Å². The Morgan fingerprint density at radius 3 is 3.00 bits per heavy atom. The van der Waals surface area contributed by atoms with E-state index in [9.17, 15) is 4.79 Å². The molecule has 1 aromatic carbocycles. The molecule has 0 aromatic heterocycles. The van der Waals surface area contributed by atoms with E-state index >= 15 is 0 Å². The van der Waals surface area contributed by atoms with Crippen molar-refractivity contribution in [3.8, 4) is 5.75 Å². The van der Waals surface area contributed by atoms with Crippen molar-refractivity contribution in [1.29, 1.82) is 0 Å². The van der Waals surface area contributed by atoms with Gasteiger partial charge in [0.1, 0.15) is 5.75 Å². The molecule has 5 heteroatoms. The van der Waals surface area contributed by atoms with Crippen LogP contribution in [0.25, 0.3) is 0 Å². The van der Waals surface area contributed by atoms with Crippen molar-refractivity contribution in [2.75, 3.05) is 25.0 Å². The molecule has 0 saturated heterocycles. The molecule has 0 spiro atoms. The molecule has 1 amide bonds. The van der Waals surface area contributed by atoms with Gasteiger partial charge in [-0.05, 0) is 25.0 Å². The zero-order valence-electron chi connectivity index (χ0n) is 12.1. The van der Waals surface area contributed by atoms with Crippen LogP contribution in [-0.2, 0) is 9.53 Å². The third-order valence-corrected chi connectivity index (χ3v) is 3.98. The SMILES string of the molecule is O=C(NCCOC1CCCC1)C1CNc2ccccc2O1. The van der Waals surface area contributed by atoms with Crippen molar-refractivity contribution < 1.29 is 14.3 Å². The van der Waals surface area contributed by atoms with E-state index in [2.05, 4.69) is 10.6 Å². The predicted octanol–water partition coefficient (Wildman–Crippen LogP) is 1.93. The fraction of sp³-hybridized carbons (Fsp3) is 0.562. The van der Waals surface area contributed by atoms with Crippen molar-refractivity contribution >= 4 is 11.6 Å². The summed E-state index contributed by atoms with van der Waals surface area (Å²) in [6, 6.07) is 7.65.